The molecule has 0 spiro atoms. The summed E-state index contributed by atoms with van der Waals surface area (Å²) in [5.74, 6) is 0.480. The highest BCUT2D eigenvalue weighted by atomic mass is 16.5. The minimum absolute atomic E-state index is 0.00742. The average molecular weight is 316 g/mol. The number of piperidine rings is 1. The maximum atomic E-state index is 12.8. The summed E-state index contributed by atoms with van der Waals surface area (Å²) in [5.41, 5.74) is 7.43. The molecule has 1 aromatic carbocycles. The standard InChI is InChI=1S/C19H28N2O2/c1-14-12-15(2)23-17(14)18(22)21-10-8-19(13-20,9-11-21)16-6-4-3-5-7-16/h3-7,14-15,17H,8-13,20H2,1-2H3. The number of likely N-dealkylation sites (tertiary alicyclic amines) is 1. The Morgan fingerprint density at radius 3 is 2.43 bits per heavy atom. The maximum absolute atomic E-state index is 12.8. The Bertz CT molecular complexity index is 538. The van der Waals surface area contributed by atoms with Crippen LogP contribution in [0.1, 0.15) is 38.7 Å². The van der Waals surface area contributed by atoms with Gasteiger partial charge in [0.2, 0.25) is 0 Å². The van der Waals surface area contributed by atoms with Gasteiger partial charge in [0.15, 0.2) is 0 Å². The summed E-state index contributed by atoms with van der Waals surface area (Å²) in [6.07, 6.45) is 2.76. The Labute approximate surface area is 139 Å². The highest BCUT2D eigenvalue weighted by Gasteiger charge is 2.41. The first-order valence-corrected chi connectivity index (χ1v) is 8.75. The van der Waals surface area contributed by atoms with E-state index in [0.29, 0.717) is 12.5 Å². The zero-order chi connectivity index (χ0) is 16.4. The fraction of sp³-hybridized carbons (Fsp3) is 0.632. The van der Waals surface area contributed by atoms with Crippen LogP contribution in [-0.4, -0.2) is 42.6 Å². The van der Waals surface area contributed by atoms with Crippen LogP contribution in [0.4, 0.5) is 0 Å². The van der Waals surface area contributed by atoms with Crippen LogP contribution in [0.15, 0.2) is 30.3 Å². The summed E-state index contributed by atoms with van der Waals surface area (Å²) < 4.78 is 5.84. The zero-order valence-electron chi connectivity index (χ0n) is 14.2. The number of nitrogens with zero attached hydrogens (tertiary/aromatic N) is 1. The fourth-order valence-electron chi connectivity index (χ4n) is 4.13. The number of nitrogens with two attached hydrogens (primary N) is 1. The van der Waals surface area contributed by atoms with Crippen molar-refractivity contribution in [1.29, 1.82) is 0 Å². The molecule has 3 rings (SSSR count). The molecule has 4 nitrogen and oxygen atoms in total. The van der Waals surface area contributed by atoms with Crippen LogP contribution in [0.3, 0.4) is 0 Å². The van der Waals surface area contributed by atoms with Crippen molar-refractivity contribution in [2.24, 2.45) is 11.7 Å². The van der Waals surface area contributed by atoms with Crippen LogP contribution in [0.5, 0.6) is 0 Å². The second-order valence-corrected chi connectivity index (χ2v) is 7.26. The molecule has 2 aliphatic rings. The smallest absolute Gasteiger partial charge is 0.251 e. The van der Waals surface area contributed by atoms with Crippen molar-refractivity contribution >= 4 is 5.91 Å². The van der Waals surface area contributed by atoms with Gasteiger partial charge < -0.3 is 15.4 Å². The molecule has 2 heterocycles. The van der Waals surface area contributed by atoms with E-state index in [-0.39, 0.29) is 23.5 Å². The first kappa shape index (κ1) is 16.5. The van der Waals surface area contributed by atoms with Gasteiger partial charge in [0.05, 0.1) is 6.10 Å². The van der Waals surface area contributed by atoms with Crippen molar-refractivity contribution in [1.82, 2.24) is 4.90 Å². The van der Waals surface area contributed by atoms with Crippen molar-refractivity contribution in [3.8, 4) is 0 Å². The van der Waals surface area contributed by atoms with E-state index < -0.39 is 0 Å². The third-order valence-corrected chi connectivity index (χ3v) is 5.65. The van der Waals surface area contributed by atoms with Gasteiger partial charge in [-0.05, 0) is 37.7 Å². The topological polar surface area (TPSA) is 55.6 Å². The van der Waals surface area contributed by atoms with E-state index in [1.165, 1.54) is 5.56 Å². The average Bonchev–Trinajstić information content (AvgIpc) is 2.93. The van der Waals surface area contributed by atoms with Crippen molar-refractivity contribution in [2.75, 3.05) is 19.6 Å². The normalized spacial score (nSPS) is 30.4. The lowest BCUT2D eigenvalue weighted by molar-refractivity contribution is -0.145. The maximum Gasteiger partial charge on any atom is 0.251 e. The van der Waals surface area contributed by atoms with Crippen LogP contribution in [0.25, 0.3) is 0 Å². The Balaban J connectivity index is 1.67. The van der Waals surface area contributed by atoms with Crippen LogP contribution in [0, 0.1) is 5.92 Å². The molecule has 4 heteroatoms. The second-order valence-electron chi connectivity index (χ2n) is 7.26. The molecule has 0 aliphatic carbocycles. The van der Waals surface area contributed by atoms with Crippen LogP contribution >= 0.6 is 0 Å². The van der Waals surface area contributed by atoms with Crippen LogP contribution in [0.2, 0.25) is 0 Å². The molecule has 1 amide bonds. The SMILES string of the molecule is CC1CC(C)C(C(=O)N2CCC(CN)(c3ccccc3)CC2)O1. The van der Waals surface area contributed by atoms with E-state index in [4.69, 9.17) is 10.5 Å². The number of carbonyl (C=O) groups is 1. The highest BCUT2D eigenvalue weighted by molar-refractivity contribution is 5.81. The third-order valence-electron chi connectivity index (χ3n) is 5.65. The molecule has 2 saturated heterocycles. The fourth-order valence-corrected chi connectivity index (χ4v) is 4.13. The first-order chi connectivity index (χ1) is 11.1. The van der Waals surface area contributed by atoms with Gasteiger partial charge in [-0.1, -0.05) is 37.3 Å². The summed E-state index contributed by atoms with van der Waals surface area (Å²) in [6.45, 7) is 6.34. The lowest BCUT2D eigenvalue weighted by atomic mass is 9.73. The number of amides is 1. The molecule has 0 bridgehead atoms. The van der Waals surface area contributed by atoms with E-state index in [0.717, 1.165) is 32.4 Å². The minimum atomic E-state index is -0.257. The molecule has 126 valence electrons. The van der Waals surface area contributed by atoms with Gasteiger partial charge in [-0.2, -0.15) is 0 Å². The van der Waals surface area contributed by atoms with Gasteiger partial charge in [0.25, 0.3) is 5.91 Å². The minimum Gasteiger partial charge on any atom is -0.365 e. The first-order valence-electron chi connectivity index (χ1n) is 8.75. The molecule has 23 heavy (non-hydrogen) atoms. The molecule has 3 unspecified atom stereocenters. The molecule has 0 saturated carbocycles. The van der Waals surface area contributed by atoms with Gasteiger partial charge in [-0.3, -0.25) is 4.79 Å². The lowest BCUT2D eigenvalue weighted by Gasteiger charge is -2.42. The van der Waals surface area contributed by atoms with E-state index in [1.807, 2.05) is 11.0 Å². The van der Waals surface area contributed by atoms with E-state index in [9.17, 15) is 4.79 Å². The molecule has 2 fully saturated rings. The van der Waals surface area contributed by atoms with Crippen LogP contribution in [-0.2, 0) is 14.9 Å². The van der Waals surface area contributed by atoms with E-state index in [2.05, 4.69) is 38.1 Å². The van der Waals surface area contributed by atoms with Crippen LogP contribution < -0.4 is 5.73 Å². The van der Waals surface area contributed by atoms with E-state index in [1.54, 1.807) is 0 Å². The highest BCUT2D eigenvalue weighted by Crippen LogP contribution is 2.36. The summed E-state index contributed by atoms with van der Waals surface area (Å²) >= 11 is 0. The quantitative estimate of drug-likeness (QED) is 0.931. The molecule has 2 N–H and O–H groups in total. The van der Waals surface area contributed by atoms with E-state index >= 15 is 0 Å². The monoisotopic (exact) mass is 316 g/mol. The Morgan fingerprint density at radius 2 is 1.91 bits per heavy atom. The molecule has 1 aromatic rings. The number of rotatable bonds is 3. The summed E-state index contributed by atoms with van der Waals surface area (Å²) in [6, 6.07) is 10.5. The second kappa shape index (κ2) is 6.62. The van der Waals surface area contributed by atoms with Gasteiger partial charge in [0, 0.05) is 25.0 Å². The largest absolute Gasteiger partial charge is 0.365 e. The summed E-state index contributed by atoms with van der Waals surface area (Å²) in [4.78, 5) is 14.7. The third kappa shape index (κ3) is 3.15. The number of carbonyl (C=O) groups excluding carboxylic acids is 1. The molecular formula is C19H28N2O2. The number of benzene rings is 1. The molecular weight excluding hydrogens is 288 g/mol. The Morgan fingerprint density at radius 1 is 1.26 bits per heavy atom. The predicted octanol–water partition coefficient (Wildman–Crippen LogP) is 2.32. The van der Waals surface area contributed by atoms with Crippen molar-refractivity contribution < 1.29 is 9.53 Å². The molecule has 0 radical (unpaired) electrons. The Kier molecular flexibility index (Phi) is 4.74. The number of ether oxygens (including phenoxy) is 1. The number of hydrogen-bond acceptors (Lipinski definition) is 3. The van der Waals surface area contributed by atoms with Crippen molar-refractivity contribution in [3.05, 3.63) is 35.9 Å². The summed E-state index contributed by atoms with van der Waals surface area (Å²) in [5, 5.41) is 0. The predicted molar refractivity (Wildman–Crippen MR) is 91.1 cm³/mol. The Hall–Kier alpha value is -1.39. The van der Waals surface area contributed by atoms with Gasteiger partial charge in [-0.15, -0.1) is 0 Å². The van der Waals surface area contributed by atoms with Gasteiger partial charge in [-0.25, -0.2) is 0 Å². The van der Waals surface area contributed by atoms with Gasteiger partial charge >= 0.3 is 0 Å². The van der Waals surface area contributed by atoms with Gasteiger partial charge in [0.1, 0.15) is 6.10 Å². The zero-order valence-corrected chi connectivity index (χ0v) is 14.2. The molecule has 3 atom stereocenters. The number of hydrogen-bond donors (Lipinski definition) is 1. The molecule has 2 aliphatic heterocycles. The van der Waals surface area contributed by atoms with Crippen molar-refractivity contribution in [3.63, 3.8) is 0 Å². The summed E-state index contributed by atoms with van der Waals surface area (Å²) in [7, 11) is 0. The van der Waals surface area contributed by atoms with Crippen molar-refractivity contribution in [2.45, 2.75) is 50.7 Å². The lowest BCUT2D eigenvalue weighted by Crippen LogP contribution is -2.51. The molecule has 0 aromatic heterocycles.